The number of para-hydroxylation sites is 2. The SMILES string of the molecule is COc1ccccc1NC(=O)N[C@H]1CCCC[C@@H]1O. The van der Waals surface area contributed by atoms with Gasteiger partial charge >= 0.3 is 6.03 Å². The first kappa shape index (κ1) is 13.7. The molecule has 0 radical (unpaired) electrons. The predicted molar refractivity (Wildman–Crippen MR) is 73.4 cm³/mol. The Bertz CT molecular complexity index is 436. The van der Waals surface area contributed by atoms with Crippen LogP contribution < -0.4 is 15.4 Å². The second-order valence-corrected chi connectivity index (χ2v) is 4.76. The number of carbonyl (C=O) groups excluding carboxylic acids is 1. The lowest BCUT2D eigenvalue weighted by Gasteiger charge is -2.28. The van der Waals surface area contributed by atoms with Crippen LogP contribution in [0.15, 0.2) is 24.3 Å². The van der Waals surface area contributed by atoms with Crippen molar-refractivity contribution in [2.24, 2.45) is 0 Å². The topological polar surface area (TPSA) is 70.6 Å². The van der Waals surface area contributed by atoms with Crippen LogP contribution in [0.25, 0.3) is 0 Å². The summed E-state index contributed by atoms with van der Waals surface area (Å²) in [7, 11) is 1.56. The summed E-state index contributed by atoms with van der Waals surface area (Å²) in [6.45, 7) is 0. The van der Waals surface area contributed by atoms with E-state index in [1.54, 1.807) is 19.2 Å². The van der Waals surface area contributed by atoms with Crippen molar-refractivity contribution in [3.05, 3.63) is 24.3 Å². The second kappa shape index (κ2) is 6.43. The van der Waals surface area contributed by atoms with Gasteiger partial charge in [0.2, 0.25) is 0 Å². The number of anilines is 1. The normalized spacial score (nSPS) is 22.6. The lowest BCUT2D eigenvalue weighted by molar-refractivity contribution is 0.0955. The Morgan fingerprint density at radius 3 is 2.79 bits per heavy atom. The molecule has 2 rings (SSSR count). The summed E-state index contributed by atoms with van der Waals surface area (Å²) in [5.74, 6) is 0.613. The molecule has 0 spiro atoms. The van der Waals surface area contributed by atoms with E-state index < -0.39 is 6.10 Å². The lowest BCUT2D eigenvalue weighted by Crippen LogP contribution is -2.46. The number of rotatable bonds is 3. The van der Waals surface area contributed by atoms with Gasteiger partial charge < -0.3 is 20.5 Å². The minimum Gasteiger partial charge on any atom is -0.495 e. The number of methoxy groups -OCH3 is 1. The zero-order valence-corrected chi connectivity index (χ0v) is 11.1. The van der Waals surface area contributed by atoms with Gasteiger partial charge in [-0.1, -0.05) is 25.0 Å². The summed E-state index contributed by atoms with van der Waals surface area (Å²) in [5, 5.41) is 15.4. The number of ether oxygens (including phenoxy) is 1. The molecule has 0 saturated heterocycles. The molecule has 1 saturated carbocycles. The highest BCUT2D eigenvalue weighted by Crippen LogP contribution is 2.23. The summed E-state index contributed by atoms with van der Waals surface area (Å²) in [4.78, 5) is 11.9. The van der Waals surface area contributed by atoms with Crippen molar-refractivity contribution in [2.75, 3.05) is 12.4 Å². The fourth-order valence-electron chi connectivity index (χ4n) is 2.35. The van der Waals surface area contributed by atoms with Crippen LogP contribution in [0.4, 0.5) is 10.5 Å². The van der Waals surface area contributed by atoms with Crippen LogP contribution in [-0.2, 0) is 0 Å². The Morgan fingerprint density at radius 1 is 1.32 bits per heavy atom. The van der Waals surface area contributed by atoms with Crippen LogP contribution in [0, 0.1) is 0 Å². The standard InChI is InChI=1S/C14H20N2O3/c1-19-13-9-5-3-7-11(13)16-14(18)15-10-6-2-4-8-12(10)17/h3,5,7,9-10,12,17H,2,4,6,8H2,1H3,(H2,15,16,18)/t10-,12-/m0/s1. The molecule has 1 aromatic carbocycles. The van der Waals surface area contributed by atoms with Crippen LogP contribution in [0.3, 0.4) is 0 Å². The van der Waals surface area contributed by atoms with E-state index in [4.69, 9.17) is 4.74 Å². The van der Waals surface area contributed by atoms with Crippen LogP contribution in [0.5, 0.6) is 5.75 Å². The highest BCUT2D eigenvalue weighted by Gasteiger charge is 2.24. The van der Waals surface area contributed by atoms with Crippen molar-refractivity contribution < 1.29 is 14.6 Å². The molecule has 5 heteroatoms. The van der Waals surface area contributed by atoms with Gasteiger partial charge in [0.1, 0.15) is 5.75 Å². The lowest BCUT2D eigenvalue weighted by atomic mass is 9.93. The van der Waals surface area contributed by atoms with E-state index in [2.05, 4.69) is 10.6 Å². The van der Waals surface area contributed by atoms with E-state index in [0.29, 0.717) is 11.4 Å². The largest absolute Gasteiger partial charge is 0.495 e. The van der Waals surface area contributed by atoms with E-state index in [0.717, 1.165) is 25.7 Å². The number of nitrogens with one attached hydrogen (secondary N) is 2. The molecule has 0 unspecified atom stereocenters. The fraction of sp³-hybridized carbons (Fsp3) is 0.500. The van der Waals surface area contributed by atoms with E-state index in [9.17, 15) is 9.90 Å². The third kappa shape index (κ3) is 3.61. The quantitative estimate of drug-likeness (QED) is 0.783. The number of aliphatic hydroxyl groups excluding tert-OH is 1. The Labute approximate surface area is 113 Å². The molecule has 19 heavy (non-hydrogen) atoms. The third-order valence-corrected chi connectivity index (χ3v) is 3.40. The average molecular weight is 264 g/mol. The van der Waals surface area contributed by atoms with Crippen LogP contribution >= 0.6 is 0 Å². The molecule has 1 fully saturated rings. The number of carbonyl (C=O) groups is 1. The smallest absolute Gasteiger partial charge is 0.319 e. The third-order valence-electron chi connectivity index (χ3n) is 3.40. The summed E-state index contributed by atoms with van der Waals surface area (Å²) >= 11 is 0. The van der Waals surface area contributed by atoms with Crippen LogP contribution in [0.2, 0.25) is 0 Å². The molecule has 1 aromatic rings. The average Bonchev–Trinajstić information content (AvgIpc) is 2.42. The van der Waals surface area contributed by atoms with Crippen molar-refractivity contribution in [2.45, 2.75) is 37.8 Å². The predicted octanol–water partition coefficient (Wildman–Crippen LogP) is 2.12. The van der Waals surface area contributed by atoms with Gasteiger partial charge in [-0.2, -0.15) is 0 Å². The fourth-order valence-corrected chi connectivity index (χ4v) is 2.35. The summed E-state index contributed by atoms with van der Waals surface area (Å²) in [6.07, 6.45) is 3.18. The minimum absolute atomic E-state index is 0.163. The molecule has 1 aliphatic rings. The van der Waals surface area contributed by atoms with Gasteiger partial charge in [0, 0.05) is 0 Å². The molecule has 5 nitrogen and oxygen atoms in total. The van der Waals surface area contributed by atoms with Gasteiger partial charge in [-0.15, -0.1) is 0 Å². The Morgan fingerprint density at radius 2 is 2.05 bits per heavy atom. The molecule has 104 valence electrons. The number of benzene rings is 1. The highest BCUT2D eigenvalue weighted by atomic mass is 16.5. The number of hydrogen-bond donors (Lipinski definition) is 3. The Balaban J connectivity index is 1.93. The first-order valence-electron chi connectivity index (χ1n) is 6.59. The monoisotopic (exact) mass is 264 g/mol. The maximum Gasteiger partial charge on any atom is 0.319 e. The van der Waals surface area contributed by atoms with Gasteiger partial charge in [-0.25, -0.2) is 4.79 Å². The van der Waals surface area contributed by atoms with E-state index in [1.165, 1.54) is 0 Å². The highest BCUT2D eigenvalue weighted by molar-refractivity contribution is 5.91. The van der Waals surface area contributed by atoms with E-state index >= 15 is 0 Å². The summed E-state index contributed by atoms with van der Waals surface area (Å²) in [6, 6.07) is 6.75. The van der Waals surface area contributed by atoms with Crippen molar-refractivity contribution in [3.63, 3.8) is 0 Å². The van der Waals surface area contributed by atoms with E-state index in [1.807, 2.05) is 12.1 Å². The molecule has 2 amide bonds. The molecule has 0 bridgehead atoms. The van der Waals surface area contributed by atoms with E-state index in [-0.39, 0.29) is 12.1 Å². The van der Waals surface area contributed by atoms with Crippen molar-refractivity contribution in [1.82, 2.24) is 5.32 Å². The van der Waals surface area contributed by atoms with Gasteiger partial charge in [-0.3, -0.25) is 0 Å². The molecular formula is C14H20N2O3. The maximum atomic E-state index is 11.9. The van der Waals surface area contributed by atoms with Gasteiger partial charge in [-0.05, 0) is 25.0 Å². The Hall–Kier alpha value is -1.75. The number of amides is 2. The van der Waals surface area contributed by atoms with Crippen molar-refractivity contribution in [1.29, 1.82) is 0 Å². The Kier molecular flexibility index (Phi) is 4.63. The molecular weight excluding hydrogens is 244 g/mol. The summed E-state index contributed by atoms with van der Waals surface area (Å²) < 4.78 is 5.17. The van der Waals surface area contributed by atoms with Gasteiger partial charge in [0.15, 0.2) is 0 Å². The van der Waals surface area contributed by atoms with Crippen LogP contribution in [-0.4, -0.2) is 30.4 Å². The molecule has 0 aromatic heterocycles. The van der Waals surface area contributed by atoms with Crippen molar-refractivity contribution in [3.8, 4) is 5.75 Å². The first-order chi connectivity index (χ1) is 9.20. The molecule has 0 aliphatic heterocycles. The number of hydrogen-bond acceptors (Lipinski definition) is 3. The number of urea groups is 1. The zero-order valence-electron chi connectivity index (χ0n) is 11.1. The van der Waals surface area contributed by atoms with Crippen LogP contribution in [0.1, 0.15) is 25.7 Å². The zero-order chi connectivity index (χ0) is 13.7. The maximum absolute atomic E-state index is 11.9. The molecule has 3 N–H and O–H groups in total. The molecule has 2 atom stereocenters. The van der Waals surface area contributed by atoms with Crippen molar-refractivity contribution >= 4 is 11.7 Å². The van der Waals surface area contributed by atoms with Gasteiger partial charge in [0.05, 0.1) is 24.9 Å². The van der Waals surface area contributed by atoms with Gasteiger partial charge in [0.25, 0.3) is 0 Å². The molecule has 1 aliphatic carbocycles. The second-order valence-electron chi connectivity index (χ2n) is 4.76. The number of aliphatic hydroxyl groups is 1. The molecule has 0 heterocycles. The minimum atomic E-state index is -0.447. The first-order valence-corrected chi connectivity index (χ1v) is 6.59. The summed E-state index contributed by atoms with van der Waals surface area (Å²) in [5.41, 5.74) is 0.618.